The van der Waals surface area contributed by atoms with Crippen LogP contribution in [0, 0.1) is 5.41 Å². The molecule has 3 aromatic carbocycles. The molecule has 2 aromatic heterocycles. The van der Waals surface area contributed by atoms with Gasteiger partial charge < -0.3 is 14.2 Å². The zero-order chi connectivity index (χ0) is 27.6. The highest BCUT2D eigenvalue weighted by Crippen LogP contribution is 2.51. The molecule has 5 aromatic rings. The lowest BCUT2D eigenvalue weighted by Gasteiger charge is -2.37. The van der Waals surface area contributed by atoms with E-state index in [2.05, 4.69) is 37.0 Å². The van der Waals surface area contributed by atoms with Gasteiger partial charge in [-0.1, -0.05) is 62.4 Å². The number of benzene rings is 3. The first-order chi connectivity index (χ1) is 19.4. The number of ether oxygens (including phenoxy) is 3. The van der Waals surface area contributed by atoms with Crippen molar-refractivity contribution < 1.29 is 19.0 Å². The van der Waals surface area contributed by atoms with Gasteiger partial charge in [0.1, 0.15) is 12.1 Å². The summed E-state index contributed by atoms with van der Waals surface area (Å²) < 4.78 is 19.2. The Bertz CT molecular complexity index is 1860. The predicted octanol–water partition coefficient (Wildman–Crippen LogP) is 6.13. The van der Waals surface area contributed by atoms with E-state index >= 15 is 0 Å². The van der Waals surface area contributed by atoms with Crippen LogP contribution in [0.2, 0.25) is 0 Å². The molecule has 0 unspecified atom stereocenters. The van der Waals surface area contributed by atoms with Gasteiger partial charge in [0, 0.05) is 24.0 Å². The molecule has 3 heterocycles. The highest BCUT2D eigenvalue weighted by atomic mass is 16.5. The second-order valence-electron chi connectivity index (χ2n) is 11.1. The van der Waals surface area contributed by atoms with Gasteiger partial charge in [-0.05, 0) is 33.9 Å². The number of allylic oxidation sites excluding steroid dienone is 2. The number of hydrogen-bond donors (Lipinski definition) is 0. The van der Waals surface area contributed by atoms with Gasteiger partial charge in [-0.3, -0.25) is 4.79 Å². The van der Waals surface area contributed by atoms with Crippen LogP contribution in [0.1, 0.15) is 43.7 Å². The fourth-order valence-corrected chi connectivity index (χ4v) is 6.05. The molecule has 8 heteroatoms. The Kier molecular flexibility index (Phi) is 5.42. The summed E-state index contributed by atoms with van der Waals surface area (Å²) in [4.78, 5) is 23.5. The van der Waals surface area contributed by atoms with Crippen LogP contribution < -0.4 is 14.2 Å². The van der Waals surface area contributed by atoms with Gasteiger partial charge in [0.25, 0.3) is 0 Å². The topological polar surface area (TPSA) is 87.8 Å². The summed E-state index contributed by atoms with van der Waals surface area (Å²) >= 11 is 0. The predicted molar refractivity (Wildman–Crippen MR) is 151 cm³/mol. The molecule has 0 radical (unpaired) electrons. The van der Waals surface area contributed by atoms with E-state index in [1.54, 1.807) is 25.1 Å². The van der Waals surface area contributed by atoms with E-state index in [1.165, 1.54) is 0 Å². The van der Waals surface area contributed by atoms with Crippen molar-refractivity contribution in [3.63, 3.8) is 0 Å². The molecule has 8 nitrogen and oxygen atoms in total. The molecule has 0 saturated carbocycles. The molecular formula is C32H28N4O4. The maximum Gasteiger partial charge on any atom is 0.228 e. The lowest BCUT2D eigenvalue weighted by Crippen LogP contribution is -2.33. The standard InChI is InChI=1S/C32H28N4O4/c1-32(2)15-22(37)27-25(16-32)40-31-28(26(27)19-12-13-23(38-3)24(14-19)39-4)30-34-29(35-36(30)17-33-31)21-11-7-9-18-8-5-6-10-20(18)21/h5-14,17,26H,15-16H2,1-4H3/t26-/m1/s1. The summed E-state index contributed by atoms with van der Waals surface area (Å²) in [6, 6.07) is 20.0. The maximum absolute atomic E-state index is 13.8. The minimum Gasteiger partial charge on any atom is -0.493 e. The fourth-order valence-electron chi connectivity index (χ4n) is 6.05. The van der Waals surface area contributed by atoms with Gasteiger partial charge in [-0.25, -0.2) is 14.5 Å². The van der Waals surface area contributed by atoms with E-state index in [1.807, 2.05) is 42.5 Å². The Hall–Kier alpha value is -4.72. The molecule has 0 saturated heterocycles. The van der Waals surface area contributed by atoms with Gasteiger partial charge in [-0.15, -0.1) is 5.10 Å². The molecule has 0 fully saturated rings. The van der Waals surface area contributed by atoms with Gasteiger partial charge >= 0.3 is 0 Å². The van der Waals surface area contributed by atoms with E-state index in [0.717, 1.165) is 21.9 Å². The molecule has 2 aliphatic rings. The second kappa shape index (κ2) is 8.91. The molecule has 0 amide bonds. The fraction of sp³-hybridized carbons (Fsp3) is 0.250. The quantitative estimate of drug-likeness (QED) is 0.275. The number of carbonyl (C=O) groups is 1. The van der Waals surface area contributed by atoms with Crippen molar-refractivity contribution in [1.82, 2.24) is 19.6 Å². The minimum atomic E-state index is -0.456. The molecule has 200 valence electrons. The average Bonchev–Trinajstić information content (AvgIpc) is 3.39. The highest BCUT2D eigenvalue weighted by molar-refractivity contribution is 6.01. The number of Topliss-reactive ketones (excluding diaryl/α,β-unsaturated/α-hetero) is 1. The van der Waals surface area contributed by atoms with Gasteiger partial charge in [0.15, 0.2) is 28.8 Å². The van der Waals surface area contributed by atoms with Gasteiger partial charge in [0.2, 0.25) is 5.88 Å². The first-order valence-electron chi connectivity index (χ1n) is 13.3. The van der Waals surface area contributed by atoms with E-state index in [4.69, 9.17) is 24.3 Å². The van der Waals surface area contributed by atoms with Crippen LogP contribution in [0.3, 0.4) is 0 Å². The first kappa shape index (κ1) is 24.3. The molecule has 1 aliphatic carbocycles. The molecule has 40 heavy (non-hydrogen) atoms. The Balaban J connectivity index is 1.48. The number of hydrogen-bond acceptors (Lipinski definition) is 7. The van der Waals surface area contributed by atoms with Crippen LogP contribution in [0.4, 0.5) is 0 Å². The third-order valence-electron chi connectivity index (χ3n) is 7.83. The molecule has 0 N–H and O–H groups in total. The van der Waals surface area contributed by atoms with E-state index in [0.29, 0.717) is 58.6 Å². The number of rotatable bonds is 4. The Labute approximate surface area is 231 Å². The number of fused-ring (bicyclic) bond motifs is 4. The van der Waals surface area contributed by atoms with Gasteiger partial charge in [-0.2, -0.15) is 0 Å². The second-order valence-corrected chi connectivity index (χ2v) is 11.1. The number of carbonyl (C=O) groups excluding carboxylic acids is 1. The summed E-state index contributed by atoms with van der Waals surface area (Å²) in [5.41, 5.74) is 3.52. The zero-order valence-corrected chi connectivity index (χ0v) is 22.8. The summed E-state index contributed by atoms with van der Waals surface area (Å²) in [7, 11) is 3.21. The number of nitrogens with zero attached hydrogens (tertiary/aromatic N) is 4. The molecular weight excluding hydrogens is 504 g/mol. The third kappa shape index (κ3) is 3.74. The summed E-state index contributed by atoms with van der Waals surface area (Å²) in [6.07, 6.45) is 2.69. The lowest BCUT2D eigenvalue weighted by atomic mass is 9.70. The maximum atomic E-state index is 13.8. The van der Waals surface area contributed by atoms with Crippen LogP contribution in [-0.4, -0.2) is 39.6 Å². The first-order valence-corrected chi connectivity index (χ1v) is 13.3. The van der Waals surface area contributed by atoms with Crippen molar-refractivity contribution in [2.45, 2.75) is 32.6 Å². The number of methoxy groups -OCH3 is 2. The normalized spacial score (nSPS) is 17.9. The smallest absolute Gasteiger partial charge is 0.228 e. The Morgan fingerprint density at radius 1 is 0.975 bits per heavy atom. The highest BCUT2D eigenvalue weighted by Gasteiger charge is 2.44. The van der Waals surface area contributed by atoms with Crippen molar-refractivity contribution >= 4 is 22.2 Å². The van der Waals surface area contributed by atoms with E-state index in [-0.39, 0.29) is 11.2 Å². The van der Waals surface area contributed by atoms with Crippen LogP contribution in [0.25, 0.3) is 27.8 Å². The molecule has 7 rings (SSSR count). The SMILES string of the molecule is COc1ccc([C@@H]2C3=C(CC(C)(C)CC3=O)Oc3ncn4nc(-c5cccc6ccccc56)nc4c32)cc1OC. The van der Waals surface area contributed by atoms with Crippen molar-refractivity contribution in [2.75, 3.05) is 14.2 Å². The van der Waals surface area contributed by atoms with Crippen molar-refractivity contribution in [1.29, 1.82) is 0 Å². The summed E-state index contributed by atoms with van der Waals surface area (Å²) in [6.45, 7) is 4.18. The average molecular weight is 533 g/mol. The summed E-state index contributed by atoms with van der Waals surface area (Å²) in [5.74, 6) is 2.48. The Morgan fingerprint density at radius 3 is 2.60 bits per heavy atom. The van der Waals surface area contributed by atoms with Crippen molar-refractivity contribution in [2.24, 2.45) is 5.41 Å². The minimum absolute atomic E-state index is 0.0625. The molecule has 0 spiro atoms. The van der Waals surface area contributed by atoms with Crippen LogP contribution in [-0.2, 0) is 4.79 Å². The number of aromatic nitrogens is 4. The monoisotopic (exact) mass is 532 g/mol. The molecule has 1 aliphatic heterocycles. The largest absolute Gasteiger partial charge is 0.493 e. The molecule has 1 atom stereocenters. The van der Waals surface area contributed by atoms with Crippen molar-refractivity contribution in [3.05, 3.63) is 89.5 Å². The lowest BCUT2D eigenvalue weighted by molar-refractivity contribution is -0.118. The molecule has 0 bridgehead atoms. The third-order valence-corrected chi connectivity index (χ3v) is 7.83. The Morgan fingerprint density at radius 2 is 1.77 bits per heavy atom. The van der Waals surface area contributed by atoms with E-state index < -0.39 is 5.92 Å². The summed E-state index contributed by atoms with van der Waals surface area (Å²) in [5, 5.41) is 6.99. The van der Waals surface area contributed by atoms with Gasteiger partial charge in [0.05, 0.1) is 25.7 Å². The van der Waals surface area contributed by atoms with Crippen LogP contribution >= 0.6 is 0 Å². The van der Waals surface area contributed by atoms with Crippen LogP contribution in [0.15, 0.2) is 78.3 Å². The van der Waals surface area contributed by atoms with Crippen molar-refractivity contribution in [3.8, 4) is 28.8 Å². The number of ketones is 1. The van der Waals surface area contributed by atoms with Crippen LogP contribution in [0.5, 0.6) is 17.4 Å². The van der Waals surface area contributed by atoms with E-state index in [9.17, 15) is 4.79 Å². The zero-order valence-electron chi connectivity index (χ0n) is 22.8.